The SMILES string of the molecule is CCC(Nc1cc(-n2cnnn2)ccc1C)C(=O)O. The molecule has 2 aromatic rings. The molecule has 0 saturated heterocycles. The van der Waals surface area contributed by atoms with E-state index in [1.165, 1.54) is 11.0 Å². The number of anilines is 1. The first-order chi connectivity index (χ1) is 9.11. The minimum atomic E-state index is -0.866. The quantitative estimate of drug-likeness (QED) is 0.841. The summed E-state index contributed by atoms with van der Waals surface area (Å²) in [4.78, 5) is 11.1. The maximum absolute atomic E-state index is 11.1. The van der Waals surface area contributed by atoms with Crippen molar-refractivity contribution >= 4 is 11.7 Å². The molecule has 0 aliphatic rings. The van der Waals surface area contributed by atoms with Crippen LogP contribution in [0, 0.1) is 6.92 Å². The fraction of sp³-hybridized carbons (Fsp3) is 0.333. The van der Waals surface area contributed by atoms with Crippen LogP contribution in [0.3, 0.4) is 0 Å². The van der Waals surface area contributed by atoms with Crippen molar-refractivity contribution in [3.8, 4) is 5.69 Å². The van der Waals surface area contributed by atoms with Crippen molar-refractivity contribution in [1.29, 1.82) is 0 Å². The molecule has 19 heavy (non-hydrogen) atoms. The van der Waals surface area contributed by atoms with Crippen LogP contribution in [0.15, 0.2) is 24.5 Å². The van der Waals surface area contributed by atoms with Gasteiger partial charge in [-0.15, -0.1) is 5.10 Å². The molecular weight excluding hydrogens is 246 g/mol. The molecule has 0 radical (unpaired) electrons. The minimum Gasteiger partial charge on any atom is -0.480 e. The summed E-state index contributed by atoms with van der Waals surface area (Å²) in [6.07, 6.45) is 1.99. The van der Waals surface area contributed by atoms with Crippen LogP contribution in [-0.2, 0) is 4.79 Å². The average Bonchev–Trinajstić information content (AvgIpc) is 2.91. The molecule has 7 nitrogen and oxygen atoms in total. The normalized spacial score (nSPS) is 12.1. The maximum atomic E-state index is 11.1. The number of hydrogen-bond donors (Lipinski definition) is 2. The molecule has 2 rings (SSSR count). The van der Waals surface area contributed by atoms with Gasteiger partial charge in [-0.2, -0.15) is 0 Å². The van der Waals surface area contributed by atoms with Gasteiger partial charge >= 0.3 is 5.97 Å². The van der Waals surface area contributed by atoms with Crippen molar-refractivity contribution < 1.29 is 9.90 Å². The summed E-state index contributed by atoms with van der Waals surface area (Å²) >= 11 is 0. The molecule has 1 aromatic heterocycles. The minimum absolute atomic E-state index is 0.504. The average molecular weight is 261 g/mol. The second kappa shape index (κ2) is 5.47. The molecule has 0 spiro atoms. The predicted molar refractivity (Wildman–Crippen MR) is 69.2 cm³/mol. The molecule has 7 heteroatoms. The number of nitrogens with one attached hydrogen (secondary N) is 1. The summed E-state index contributed by atoms with van der Waals surface area (Å²) in [6.45, 7) is 3.74. The number of aliphatic carboxylic acids is 1. The molecule has 0 saturated carbocycles. The molecule has 0 amide bonds. The van der Waals surface area contributed by atoms with Crippen molar-refractivity contribution in [2.45, 2.75) is 26.3 Å². The Labute approximate surface area is 110 Å². The first-order valence-corrected chi connectivity index (χ1v) is 5.95. The van der Waals surface area contributed by atoms with E-state index in [0.29, 0.717) is 6.42 Å². The number of hydrogen-bond acceptors (Lipinski definition) is 5. The van der Waals surface area contributed by atoms with E-state index in [-0.39, 0.29) is 0 Å². The van der Waals surface area contributed by atoms with Crippen molar-refractivity contribution in [1.82, 2.24) is 20.2 Å². The highest BCUT2D eigenvalue weighted by Crippen LogP contribution is 2.20. The maximum Gasteiger partial charge on any atom is 0.326 e. The predicted octanol–water partition coefficient (Wildman–Crippen LogP) is 1.25. The summed E-state index contributed by atoms with van der Waals surface area (Å²) < 4.78 is 1.52. The Morgan fingerprint density at radius 3 is 2.89 bits per heavy atom. The van der Waals surface area contributed by atoms with Crippen LogP contribution < -0.4 is 5.32 Å². The zero-order valence-corrected chi connectivity index (χ0v) is 10.7. The summed E-state index contributed by atoms with van der Waals surface area (Å²) in [6, 6.07) is 4.99. The van der Waals surface area contributed by atoms with Crippen LogP contribution in [-0.4, -0.2) is 37.3 Å². The molecule has 1 heterocycles. The number of aryl methyl sites for hydroxylation is 1. The number of carboxylic acids is 1. The Bertz CT molecular complexity index is 568. The lowest BCUT2D eigenvalue weighted by molar-refractivity contribution is -0.137. The number of carbonyl (C=O) groups is 1. The van der Waals surface area contributed by atoms with E-state index >= 15 is 0 Å². The lowest BCUT2D eigenvalue weighted by Crippen LogP contribution is -2.28. The fourth-order valence-corrected chi connectivity index (χ4v) is 1.71. The van der Waals surface area contributed by atoms with Crippen LogP contribution in [0.2, 0.25) is 0 Å². The van der Waals surface area contributed by atoms with E-state index in [0.717, 1.165) is 16.9 Å². The highest BCUT2D eigenvalue weighted by atomic mass is 16.4. The van der Waals surface area contributed by atoms with Crippen molar-refractivity contribution in [3.05, 3.63) is 30.1 Å². The van der Waals surface area contributed by atoms with Gasteiger partial charge in [0.05, 0.1) is 5.69 Å². The van der Waals surface area contributed by atoms with E-state index in [4.69, 9.17) is 5.11 Å². The standard InChI is InChI=1S/C12H15N5O2/c1-3-10(12(18)19)14-11-6-9(5-4-8(11)2)17-7-13-15-16-17/h4-7,10,14H,3H2,1-2H3,(H,18,19). The fourth-order valence-electron chi connectivity index (χ4n) is 1.71. The zero-order chi connectivity index (χ0) is 13.8. The lowest BCUT2D eigenvalue weighted by Gasteiger charge is -2.16. The van der Waals surface area contributed by atoms with Gasteiger partial charge in [0.25, 0.3) is 0 Å². The smallest absolute Gasteiger partial charge is 0.326 e. The van der Waals surface area contributed by atoms with Gasteiger partial charge < -0.3 is 10.4 Å². The third-order valence-electron chi connectivity index (χ3n) is 2.87. The Morgan fingerprint density at radius 1 is 1.53 bits per heavy atom. The van der Waals surface area contributed by atoms with Crippen LogP contribution in [0.1, 0.15) is 18.9 Å². The molecule has 1 atom stereocenters. The summed E-state index contributed by atoms with van der Waals surface area (Å²) in [5.41, 5.74) is 2.51. The molecule has 100 valence electrons. The second-order valence-electron chi connectivity index (χ2n) is 4.20. The van der Waals surface area contributed by atoms with Gasteiger partial charge in [-0.25, -0.2) is 9.48 Å². The summed E-state index contributed by atoms with van der Waals surface area (Å²) in [7, 11) is 0. The topological polar surface area (TPSA) is 92.9 Å². The molecule has 1 aromatic carbocycles. The Kier molecular flexibility index (Phi) is 3.74. The van der Waals surface area contributed by atoms with Crippen LogP contribution in [0.25, 0.3) is 5.69 Å². The van der Waals surface area contributed by atoms with E-state index < -0.39 is 12.0 Å². The summed E-state index contributed by atoms with van der Waals surface area (Å²) in [5, 5.41) is 23.0. The van der Waals surface area contributed by atoms with Gasteiger partial charge in [0.2, 0.25) is 0 Å². The number of benzene rings is 1. The highest BCUT2D eigenvalue weighted by molar-refractivity contribution is 5.78. The first kappa shape index (κ1) is 13.0. The molecule has 0 bridgehead atoms. The number of tetrazole rings is 1. The van der Waals surface area contributed by atoms with Gasteiger partial charge in [-0.05, 0) is 41.5 Å². The molecule has 0 aliphatic heterocycles. The van der Waals surface area contributed by atoms with E-state index in [1.54, 1.807) is 0 Å². The summed E-state index contributed by atoms with van der Waals surface area (Å²) in [5.74, 6) is -0.866. The third kappa shape index (κ3) is 2.87. The van der Waals surface area contributed by atoms with Crippen LogP contribution in [0.4, 0.5) is 5.69 Å². The van der Waals surface area contributed by atoms with E-state index in [1.807, 2.05) is 32.0 Å². The second-order valence-corrected chi connectivity index (χ2v) is 4.20. The largest absolute Gasteiger partial charge is 0.480 e. The van der Waals surface area contributed by atoms with Gasteiger partial charge in [0.1, 0.15) is 12.4 Å². The van der Waals surface area contributed by atoms with Gasteiger partial charge in [-0.1, -0.05) is 13.0 Å². The molecule has 2 N–H and O–H groups in total. The number of rotatable bonds is 5. The van der Waals surface area contributed by atoms with E-state index in [2.05, 4.69) is 20.8 Å². The molecule has 0 aliphatic carbocycles. The molecule has 0 fully saturated rings. The first-order valence-electron chi connectivity index (χ1n) is 5.95. The Hall–Kier alpha value is -2.44. The van der Waals surface area contributed by atoms with Gasteiger partial charge in [-0.3, -0.25) is 0 Å². The van der Waals surface area contributed by atoms with Crippen LogP contribution in [0.5, 0.6) is 0 Å². The van der Waals surface area contributed by atoms with E-state index in [9.17, 15) is 4.79 Å². The number of nitrogens with zero attached hydrogens (tertiary/aromatic N) is 4. The Morgan fingerprint density at radius 2 is 2.32 bits per heavy atom. The third-order valence-corrected chi connectivity index (χ3v) is 2.87. The zero-order valence-electron chi connectivity index (χ0n) is 10.7. The van der Waals surface area contributed by atoms with Gasteiger partial charge in [0.15, 0.2) is 0 Å². The van der Waals surface area contributed by atoms with Crippen molar-refractivity contribution in [2.24, 2.45) is 0 Å². The van der Waals surface area contributed by atoms with Crippen molar-refractivity contribution in [3.63, 3.8) is 0 Å². The highest BCUT2D eigenvalue weighted by Gasteiger charge is 2.15. The van der Waals surface area contributed by atoms with Crippen LogP contribution >= 0.6 is 0 Å². The molecule has 1 unspecified atom stereocenters. The molecular formula is C12H15N5O2. The monoisotopic (exact) mass is 261 g/mol. The number of aromatic nitrogens is 4. The lowest BCUT2D eigenvalue weighted by atomic mass is 10.1. The van der Waals surface area contributed by atoms with Crippen molar-refractivity contribution in [2.75, 3.05) is 5.32 Å². The van der Waals surface area contributed by atoms with Gasteiger partial charge in [0, 0.05) is 5.69 Å². The Balaban J connectivity index is 2.30. The number of carboxylic acid groups (broad SMARTS) is 1.